The van der Waals surface area contributed by atoms with E-state index < -0.39 is 0 Å². The van der Waals surface area contributed by atoms with Gasteiger partial charge in [-0.2, -0.15) is 0 Å². The highest BCUT2D eigenvalue weighted by Crippen LogP contribution is 2.15. The Morgan fingerprint density at radius 3 is 2.84 bits per heavy atom. The van der Waals surface area contributed by atoms with E-state index in [2.05, 4.69) is 12.1 Å². The first-order valence-electron chi connectivity index (χ1n) is 6.69. The highest BCUT2D eigenvalue weighted by Gasteiger charge is 2.29. The summed E-state index contributed by atoms with van der Waals surface area (Å²) in [5.74, 6) is 0.00660. The quantitative estimate of drug-likeness (QED) is 0.813. The maximum absolute atomic E-state index is 12.1. The summed E-state index contributed by atoms with van der Waals surface area (Å²) in [5.41, 5.74) is 1.22. The molecule has 4 heteroatoms. The molecular formula is C15H21NO3. The van der Waals surface area contributed by atoms with Gasteiger partial charge in [0.05, 0.1) is 18.8 Å². The van der Waals surface area contributed by atoms with Crippen molar-refractivity contribution in [3.63, 3.8) is 0 Å². The van der Waals surface area contributed by atoms with Gasteiger partial charge >= 0.3 is 0 Å². The minimum atomic E-state index is 0.00660. The van der Waals surface area contributed by atoms with Crippen molar-refractivity contribution in [3.8, 4) is 0 Å². The van der Waals surface area contributed by atoms with Gasteiger partial charge in [-0.15, -0.1) is 0 Å². The molecule has 1 aliphatic heterocycles. The SMILES string of the molecule is CC(C)OCC(=O)N1COC[C@@H]1Cc1ccccc1. The van der Waals surface area contributed by atoms with E-state index in [4.69, 9.17) is 9.47 Å². The van der Waals surface area contributed by atoms with Crippen molar-refractivity contribution in [2.24, 2.45) is 0 Å². The zero-order valence-electron chi connectivity index (χ0n) is 11.5. The third kappa shape index (κ3) is 4.04. The molecule has 2 rings (SSSR count). The van der Waals surface area contributed by atoms with Crippen molar-refractivity contribution < 1.29 is 14.3 Å². The normalized spacial score (nSPS) is 19.1. The summed E-state index contributed by atoms with van der Waals surface area (Å²) in [6, 6.07) is 10.3. The minimum Gasteiger partial charge on any atom is -0.369 e. The van der Waals surface area contributed by atoms with Crippen LogP contribution in [-0.2, 0) is 20.7 Å². The molecule has 1 aromatic rings. The molecular weight excluding hydrogens is 242 g/mol. The van der Waals surface area contributed by atoms with Crippen LogP contribution in [0.3, 0.4) is 0 Å². The highest BCUT2D eigenvalue weighted by molar-refractivity contribution is 5.78. The van der Waals surface area contributed by atoms with Crippen LogP contribution in [0.4, 0.5) is 0 Å². The van der Waals surface area contributed by atoms with Crippen LogP contribution in [-0.4, -0.2) is 42.9 Å². The maximum atomic E-state index is 12.1. The van der Waals surface area contributed by atoms with E-state index in [1.54, 1.807) is 4.90 Å². The molecule has 0 aliphatic carbocycles. The average molecular weight is 263 g/mol. The van der Waals surface area contributed by atoms with Crippen LogP contribution in [0.1, 0.15) is 19.4 Å². The van der Waals surface area contributed by atoms with Gasteiger partial charge in [0, 0.05) is 0 Å². The molecule has 4 nitrogen and oxygen atoms in total. The van der Waals surface area contributed by atoms with Gasteiger partial charge in [-0.05, 0) is 25.8 Å². The second-order valence-electron chi connectivity index (χ2n) is 5.07. The summed E-state index contributed by atoms with van der Waals surface area (Å²) < 4.78 is 10.8. The molecule has 0 saturated carbocycles. The zero-order valence-corrected chi connectivity index (χ0v) is 11.5. The minimum absolute atomic E-state index is 0.00660. The molecule has 1 atom stereocenters. The first-order chi connectivity index (χ1) is 9.16. The van der Waals surface area contributed by atoms with E-state index >= 15 is 0 Å². The first kappa shape index (κ1) is 14.0. The lowest BCUT2D eigenvalue weighted by Crippen LogP contribution is -2.40. The molecule has 0 bridgehead atoms. The van der Waals surface area contributed by atoms with Gasteiger partial charge in [-0.3, -0.25) is 4.79 Å². The van der Waals surface area contributed by atoms with E-state index in [0.717, 1.165) is 6.42 Å². The van der Waals surface area contributed by atoms with E-state index in [9.17, 15) is 4.79 Å². The number of benzene rings is 1. The summed E-state index contributed by atoms with van der Waals surface area (Å²) in [7, 11) is 0. The van der Waals surface area contributed by atoms with Crippen molar-refractivity contribution in [2.75, 3.05) is 19.9 Å². The Bertz CT molecular complexity index is 405. The van der Waals surface area contributed by atoms with Gasteiger partial charge < -0.3 is 14.4 Å². The topological polar surface area (TPSA) is 38.8 Å². The summed E-state index contributed by atoms with van der Waals surface area (Å²) in [5, 5.41) is 0. The van der Waals surface area contributed by atoms with Crippen LogP contribution in [0.5, 0.6) is 0 Å². The summed E-state index contributed by atoms with van der Waals surface area (Å²) in [4.78, 5) is 13.8. The number of hydrogen-bond acceptors (Lipinski definition) is 3. The molecule has 1 aromatic carbocycles. The Balaban J connectivity index is 1.91. The molecule has 19 heavy (non-hydrogen) atoms. The Kier molecular flexibility index (Phi) is 4.93. The standard InChI is InChI=1S/C15H21NO3/c1-12(2)19-10-15(17)16-11-18-9-14(16)8-13-6-4-3-5-7-13/h3-7,12,14H,8-11H2,1-2H3/t14-/m0/s1. The molecule has 0 aromatic heterocycles. The lowest BCUT2D eigenvalue weighted by atomic mass is 10.1. The summed E-state index contributed by atoms with van der Waals surface area (Å²) >= 11 is 0. The fraction of sp³-hybridized carbons (Fsp3) is 0.533. The Labute approximate surface area is 114 Å². The molecule has 1 aliphatic rings. The second-order valence-corrected chi connectivity index (χ2v) is 5.07. The molecule has 0 N–H and O–H groups in total. The Morgan fingerprint density at radius 2 is 2.16 bits per heavy atom. The monoisotopic (exact) mass is 263 g/mol. The van der Waals surface area contributed by atoms with Gasteiger partial charge in [0.1, 0.15) is 13.3 Å². The molecule has 104 valence electrons. The smallest absolute Gasteiger partial charge is 0.250 e. The van der Waals surface area contributed by atoms with Crippen molar-refractivity contribution >= 4 is 5.91 Å². The van der Waals surface area contributed by atoms with Crippen LogP contribution in [0.25, 0.3) is 0 Å². The van der Waals surface area contributed by atoms with E-state index in [0.29, 0.717) is 13.3 Å². The maximum Gasteiger partial charge on any atom is 0.250 e. The number of hydrogen-bond donors (Lipinski definition) is 0. The number of amides is 1. The third-order valence-corrected chi connectivity index (χ3v) is 3.16. The van der Waals surface area contributed by atoms with Crippen LogP contribution in [0.15, 0.2) is 30.3 Å². The lowest BCUT2D eigenvalue weighted by molar-refractivity contribution is -0.139. The van der Waals surface area contributed by atoms with Crippen molar-refractivity contribution in [2.45, 2.75) is 32.4 Å². The molecule has 1 saturated heterocycles. The highest BCUT2D eigenvalue weighted by atomic mass is 16.5. The van der Waals surface area contributed by atoms with E-state index in [1.165, 1.54) is 5.56 Å². The zero-order chi connectivity index (χ0) is 13.7. The number of ether oxygens (including phenoxy) is 2. The molecule has 0 unspecified atom stereocenters. The first-order valence-corrected chi connectivity index (χ1v) is 6.69. The fourth-order valence-corrected chi connectivity index (χ4v) is 2.13. The molecule has 1 amide bonds. The predicted molar refractivity (Wildman–Crippen MR) is 72.7 cm³/mol. The average Bonchev–Trinajstić information content (AvgIpc) is 2.85. The van der Waals surface area contributed by atoms with Gasteiger partial charge in [-0.25, -0.2) is 0 Å². The van der Waals surface area contributed by atoms with Gasteiger partial charge in [-0.1, -0.05) is 30.3 Å². The Morgan fingerprint density at radius 1 is 1.42 bits per heavy atom. The van der Waals surface area contributed by atoms with Crippen molar-refractivity contribution in [1.29, 1.82) is 0 Å². The van der Waals surface area contributed by atoms with E-state index in [1.807, 2.05) is 32.0 Å². The number of carbonyl (C=O) groups excluding carboxylic acids is 1. The van der Waals surface area contributed by atoms with Crippen LogP contribution in [0.2, 0.25) is 0 Å². The number of nitrogens with zero attached hydrogens (tertiary/aromatic N) is 1. The number of rotatable bonds is 5. The van der Waals surface area contributed by atoms with Gasteiger partial charge in [0.2, 0.25) is 0 Å². The van der Waals surface area contributed by atoms with Crippen molar-refractivity contribution in [1.82, 2.24) is 4.90 Å². The molecule has 1 fully saturated rings. The van der Waals surface area contributed by atoms with Gasteiger partial charge in [0.15, 0.2) is 0 Å². The Hall–Kier alpha value is -1.39. The van der Waals surface area contributed by atoms with Crippen LogP contribution in [0, 0.1) is 0 Å². The fourth-order valence-electron chi connectivity index (χ4n) is 2.13. The number of carbonyl (C=O) groups is 1. The molecule has 0 radical (unpaired) electrons. The van der Waals surface area contributed by atoms with Crippen molar-refractivity contribution in [3.05, 3.63) is 35.9 Å². The van der Waals surface area contributed by atoms with Crippen LogP contribution < -0.4 is 0 Å². The van der Waals surface area contributed by atoms with E-state index in [-0.39, 0.29) is 24.7 Å². The molecule has 1 heterocycles. The lowest BCUT2D eigenvalue weighted by Gasteiger charge is -2.23. The second kappa shape index (κ2) is 6.68. The summed E-state index contributed by atoms with van der Waals surface area (Å²) in [6.07, 6.45) is 0.897. The van der Waals surface area contributed by atoms with Gasteiger partial charge in [0.25, 0.3) is 5.91 Å². The molecule has 0 spiro atoms. The third-order valence-electron chi connectivity index (χ3n) is 3.16. The largest absolute Gasteiger partial charge is 0.369 e. The predicted octanol–water partition coefficient (Wildman–Crippen LogP) is 1.84. The summed E-state index contributed by atoms with van der Waals surface area (Å²) in [6.45, 7) is 4.96. The van der Waals surface area contributed by atoms with Crippen LogP contribution >= 0.6 is 0 Å².